The molecule has 1 saturated carbocycles. The second-order valence-corrected chi connectivity index (χ2v) is 5.84. The number of hydrogen-bond donors (Lipinski definition) is 1. The number of likely N-dealkylation sites (tertiary alicyclic amines) is 1. The Morgan fingerprint density at radius 3 is 2.95 bits per heavy atom. The molecule has 6 heteroatoms. The number of rotatable bonds is 3. The molecule has 1 aromatic rings. The maximum atomic E-state index is 12.2. The number of aromatic nitrogens is 3. The predicted octanol–water partition coefficient (Wildman–Crippen LogP) is 0.742. The van der Waals surface area contributed by atoms with E-state index in [-0.39, 0.29) is 5.91 Å². The van der Waals surface area contributed by atoms with Gasteiger partial charge in [0, 0.05) is 18.8 Å². The van der Waals surface area contributed by atoms with Gasteiger partial charge in [-0.1, -0.05) is 10.8 Å². The van der Waals surface area contributed by atoms with Gasteiger partial charge in [0.2, 0.25) is 5.91 Å². The number of allylic oxidation sites excluding steroid dienone is 1. The maximum Gasteiger partial charge on any atom is 0.246 e. The first kappa shape index (κ1) is 13.3. The van der Waals surface area contributed by atoms with Crippen molar-refractivity contribution in [1.82, 2.24) is 19.9 Å². The van der Waals surface area contributed by atoms with Gasteiger partial charge in [-0.15, -0.1) is 5.10 Å². The van der Waals surface area contributed by atoms with Crippen molar-refractivity contribution in [2.24, 2.45) is 0 Å². The van der Waals surface area contributed by atoms with Crippen LogP contribution in [0.25, 0.3) is 0 Å². The van der Waals surface area contributed by atoms with Crippen LogP contribution in [-0.2, 0) is 11.3 Å². The van der Waals surface area contributed by atoms with E-state index in [0.717, 1.165) is 25.8 Å². The molecule has 108 valence electrons. The van der Waals surface area contributed by atoms with Gasteiger partial charge in [0.25, 0.3) is 0 Å². The highest BCUT2D eigenvalue weighted by Gasteiger charge is 2.35. The monoisotopic (exact) mass is 276 g/mol. The third kappa shape index (κ3) is 2.90. The fourth-order valence-electron chi connectivity index (χ4n) is 2.84. The van der Waals surface area contributed by atoms with Crippen molar-refractivity contribution in [2.45, 2.75) is 44.2 Å². The molecule has 1 aliphatic heterocycles. The third-order valence-electron chi connectivity index (χ3n) is 4.12. The largest absolute Gasteiger partial charge is 0.386 e. The molecule has 6 nitrogen and oxygen atoms in total. The molecule has 1 aromatic heterocycles. The Labute approximate surface area is 118 Å². The minimum Gasteiger partial charge on any atom is -0.386 e. The van der Waals surface area contributed by atoms with Crippen LogP contribution < -0.4 is 0 Å². The summed E-state index contributed by atoms with van der Waals surface area (Å²) in [6, 6.07) is 0. The van der Waals surface area contributed by atoms with Gasteiger partial charge in [0.1, 0.15) is 5.60 Å². The highest BCUT2D eigenvalue weighted by molar-refractivity contribution is 5.88. The van der Waals surface area contributed by atoms with Crippen molar-refractivity contribution in [3.63, 3.8) is 0 Å². The van der Waals surface area contributed by atoms with E-state index < -0.39 is 5.60 Å². The van der Waals surface area contributed by atoms with E-state index >= 15 is 0 Å². The molecule has 1 N–H and O–H groups in total. The van der Waals surface area contributed by atoms with Gasteiger partial charge in [-0.2, -0.15) is 0 Å². The first-order valence-electron chi connectivity index (χ1n) is 7.19. The fourth-order valence-corrected chi connectivity index (χ4v) is 2.84. The van der Waals surface area contributed by atoms with Gasteiger partial charge < -0.3 is 10.0 Å². The fraction of sp³-hybridized carbons (Fsp3) is 0.643. The number of carbonyl (C=O) groups excluding carboxylic acids is 1. The molecule has 0 bridgehead atoms. The summed E-state index contributed by atoms with van der Waals surface area (Å²) in [7, 11) is 0. The van der Waals surface area contributed by atoms with Crippen molar-refractivity contribution in [3.8, 4) is 0 Å². The molecule has 1 atom stereocenters. The number of β-amino-alcohol motifs (C(OH)–C–C–N with tert-alkyl or cyclic N) is 1. The van der Waals surface area contributed by atoms with Gasteiger partial charge in [-0.05, 0) is 32.1 Å². The van der Waals surface area contributed by atoms with Crippen LogP contribution in [-0.4, -0.2) is 49.6 Å². The van der Waals surface area contributed by atoms with Crippen LogP contribution in [0.5, 0.6) is 0 Å². The zero-order valence-corrected chi connectivity index (χ0v) is 11.5. The summed E-state index contributed by atoms with van der Waals surface area (Å²) in [6.45, 7) is 1.48. The van der Waals surface area contributed by atoms with E-state index in [2.05, 4.69) is 10.3 Å². The predicted molar refractivity (Wildman–Crippen MR) is 72.7 cm³/mol. The average molecular weight is 276 g/mol. The molecule has 2 heterocycles. The molecule has 3 rings (SSSR count). The van der Waals surface area contributed by atoms with Crippen LogP contribution in [0.2, 0.25) is 0 Å². The van der Waals surface area contributed by atoms with E-state index in [1.54, 1.807) is 28.1 Å². The molecule has 2 aliphatic rings. The van der Waals surface area contributed by atoms with E-state index in [9.17, 15) is 9.90 Å². The quantitative estimate of drug-likeness (QED) is 0.827. The van der Waals surface area contributed by atoms with Gasteiger partial charge in [0.05, 0.1) is 19.3 Å². The number of carbonyl (C=O) groups is 1. The summed E-state index contributed by atoms with van der Waals surface area (Å²) in [4.78, 5) is 14.0. The molecule has 0 spiro atoms. The highest BCUT2D eigenvalue weighted by atomic mass is 16.3. The van der Waals surface area contributed by atoms with Gasteiger partial charge in [-0.3, -0.25) is 4.79 Å². The van der Waals surface area contributed by atoms with Gasteiger partial charge >= 0.3 is 0 Å². The number of nitrogens with zero attached hydrogens (tertiary/aromatic N) is 4. The first-order chi connectivity index (χ1) is 9.65. The van der Waals surface area contributed by atoms with Crippen LogP contribution >= 0.6 is 0 Å². The topological polar surface area (TPSA) is 71.2 Å². The molecule has 0 aromatic carbocycles. The van der Waals surface area contributed by atoms with Crippen LogP contribution in [0.1, 0.15) is 32.1 Å². The molecule has 1 unspecified atom stereocenters. The SMILES string of the molecule is O=C(C=C1CCC1)N1CCCC(O)(Cn2ccnn2)C1. The van der Waals surface area contributed by atoms with E-state index in [1.165, 1.54) is 12.0 Å². The first-order valence-corrected chi connectivity index (χ1v) is 7.19. The minimum atomic E-state index is -0.903. The van der Waals surface area contributed by atoms with Crippen molar-refractivity contribution in [3.05, 3.63) is 24.0 Å². The minimum absolute atomic E-state index is 0.0383. The number of amides is 1. The van der Waals surface area contributed by atoms with E-state index in [1.807, 2.05) is 0 Å². The van der Waals surface area contributed by atoms with Crippen molar-refractivity contribution in [1.29, 1.82) is 0 Å². The summed E-state index contributed by atoms with van der Waals surface area (Å²) in [5.74, 6) is 0.0383. The number of aliphatic hydroxyl groups is 1. The number of piperidine rings is 1. The summed E-state index contributed by atoms with van der Waals surface area (Å²) in [5, 5.41) is 18.3. The normalized spacial score (nSPS) is 26.2. The standard InChI is InChI=1S/C14H20N4O2/c19-13(9-12-3-1-4-12)17-7-2-5-14(20,10-17)11-18-8-6-15-16-18/h6,8-9,20H,1-5,7,10-11H2. The molecular formula is C14H20N4O2. The Hall–Kier alpha value is -1.69. The summed E-state index contributed by atoms with van der Waals surface area (Å²) < 4.78 is 1.62. The second-order valence-electron chi connectivity index (χ2n) is 5.84. The molecule has 1 saturated heterocycles. The second kappa shape index (κ2) is 5.36. The highest BCUT2D eigenvalue weighted by Crippen LogP contribution is 2.27. The molecule has 1 amide bonds. The lowest BCUT2D eigenvalue weighted by atomic mass is 9.90. The smallest absolute Gasteiger partial charge is 0.246 e. The lowest BCUT2D eigenvalue weighted by Gasteiger charge is -2.38. The van der Waals surface area contributed by atoms with Gasteiger partial charge in [-0.25, -0.2) is 4.68 Å². The van der Waals surface area contributed by atoms with E-state index in [4.69, 9.17) is 0 Å². The Morgan fingerprint density at radius 2 is 2.30 bits per heavy atom. The Bertz CT molecular complexity index is 505. The zero-order valence-electron chi connectivity index (χ0n) is 11.5. The molecular weight excluding hydrogens is 256 g/mol. The molecule has 0 radical (unpaired) electrons. The summed E-state index contributed by atoms with van der Waals surface area (Å²) in [5.41, 5.74) is 0.333. The van der Waals surface area contributed by atoms with E-state index in [0.29, 0.717) is 19.5 Å². The van der Waals surface area contributed by atoms with Crippen LogP contribution in [0.15, 0.2) is 24.0 Å². The maximum absolute atomic E-state index is 12.2. The third-order valence-corrected chi connectivity index (χ3v) is 4.12. The van der Waals surface area contributed by atoms with Gasteiger partial charge in [0.15, 0.2) is 0 Å². The van der Waals surface area contributed by atoms with Crippen LogP contribution in [0.3, 0.4) is 0 Å². The summed E-state index contributed by atoms with van der Waals surface area (Å²) >= 11 is 0. The van der Waals surface area contributed by atoms with Crippen molar-refractivity contribution < 1.29 is 9.90 Å². The average Bonchev–Trinajstić information content (AvgIpc) is 2.85. The Kier molecular flexibility index (Phi) is 3.56. The Morgan fingerprint density at radius 1 is 1.45 bits per heavy atom. The number of hydrogen-bond acceptors (Lipinski definition) is 4. The van der Waals surface area contributed by atoms with Crippen LogP contribution in [0, 0.1) is 0 Å². The van der Waals surface area contributed by atoms with Crippen molar-refractivity contribution >= 4 is 5.91 Å². The van der Waals surface area contributed by atoms with Crippen molar-refractivity contribution in [2.75, 3.05) is 13.1 Å². The molecule has 20 heavy (non-hydrogen) atoms. The Balaban J connectivity index is 1.64. The van der Waals surface area contributed by atoms with Crippen LogP contribution in [0.4, 0.5) is 0 Å². The lowest BCUT2D eigenvalue weighted by Crippen LogP contribution is -2.52. The zero-order chi connectivity index (χ0) is 14.0. The molecule has 2 fully saturated rings. The summed E-state index contributed by atoms with van der Waals surface area (Å²) in [6.07, 6.45) is 9.87. The lowest BCUT2D eigenvalue weighted by molar-refractivity contribution is -0.134. The molecule has 1 aliphatic carbocycles.